The summed E-state index contributed by atoms with van der Waals surface area (Å²) in [5.74, 6) is 0.119. The minimum Gasteiger partial charge on any atom is -0.370 e. The van der Waals surface area contributed by atoms with E-state index in [0.29, 0.717) is 23.1 Å². The topological polar surface area (TPSA) is 54.0 Å². The maximum absolute atomic E-state index is 12.3. The van der Waals surface area contributed by atoms with Crippen LogP contribution in [0, 0.1) is 0 Å². The number of hydrogen-bond donors (Lipinski definition) is 2. The fourth-order valence-electron chi connectivity index (χ4n) is 1.66. The number of anilines is 2. The first-order valence-electron chi connectivity index (χ1n) is 6.18. The van der Waals surface area contributed by atoms with Crippen LogP contribution in [0.15, 0.2) is 30.3 Å². The Balaban J connectivity index is 2.28. The largest absolute Gasteiger partial charge is 0.370 e. The second-order valence-corrected chi connectivity index (χ2v) is 5.31. The molecule has 0 aliphatic heterocycles. The molecule has 1 heterocycles. The molecular weight excluding hydrogens is 333 g/mol. The number of hydrogen-bond acceptors (Lipinski definition) is 3. The Morgan fingerprint density at radius 3 is 2.62 bits per heavy atom. The number of benzene rings is 1. The van der Waals surface area contributed by atoms with Gasteiger partial charge in [0.05, 0.1) is 20.8 Å². The fourth-order valence-corrected chi connectivity index (χ4v) is 2.20. The molecule has 2 aromatic rings. The molecule has 0 saturated heterocycles. The van der Waals surface area contributed by atoms with Gasteiger partial charge < -0.3 is 10.6 Å². The van der Waals surface area contributed by atoms with E-state index >= 15 is 0 Å². The molecule has 1 aromatic heterocycles. The number of pyridine rings is 1. The average molecular weight is 345 g/mol. The highest BCUT2D eigenvalue weighted by Gasteiger charge is 2.15. The third kappa shape index (κ3) is 3.79. The molecule has 0 bridgehead atoms. The Labute approximate surface area is 137 Å². The van der Waals surface area contributed by atoms with Crippen molar-refractivity contribution in [2.24, 2.45) is 0 Å². The highest BCUT2D eigenvalue weighted by atomic mass is 35.5. The highest BCUT2D eigenvalue weighted by Crippen LogP contribution is 2.30. The molecule has 21 heavy (non-hydrogen) atoms. The molecular formula is C14H12Cl3N3O. The van der Waals surface area contributed by atoms with Crippen LogP contribution < -0.4 is 10.6 Å². The zero-order valence-corrected chi connectivity index (χ0v) is 13.4. The summed E-state index contributed by atoms with van der Waals surface area (Å²) in [7, 11) is 0. The van der Waals surface area contributed by atoms with E-state index in [2.05, 4.69) is 15.6 Å². The van der Waals surface area contributed by atoms with Gasteiger partial charge in [0.2, 0.25) is 0 Å². The predicted octanol–water partition coefficient (Wildman–Crippen LogP) is 4.73. The van der Waals surface area contributed by atoms with Crippen molar-refractivity contribution in [1.82, 2.24) is 4.98 Å². The van der Waals surface area contributed by atoms with Crippen LogP contribution in [-0.4, -0.2) is 17.4 Å². The lowest BCUT2D eigenvalue weighted by Gasteiger charge is -2.10. The Morgan fingerprint density at radius 1 is 1.14 bits per heavy atom. The van der Waals surface area contributed by atoms with E-state index in [0.717, 1.165) is 0 Å². The number of carbonyl (C=O) groups is 1. The molecule has 0 radical (unpaired) electrons. The summed E-state index contributed by atoms with van der Waals surface area (Å²) in [5, 5.41) is 6.55. The van der Waals surface area contributed by atoms with Gasteiger partial charge in [-0.2, -0.15) is 0 Å². The average Bonchev–Trinajstić information content (AvgIpc) is 2.46. The maximum Gasteiger partial charge on any atom is 0.275 e. The number of carbonyl (C=O) groups excluding carboxylic acids is 1. The fraction of sp³-hybridized carbons (Fsp3) is 0.143. The third-order valence-corrected chi connectivity index (χ3v) is 3.74. The number of rotatable bonds is 4. The van der Waals surface area contributed by atoms with Gasteiger partial charge in [0.1, 0.15) is 11.5 Å². The van der Waals surface area contributed by atoms with Crippen molar-refractivity contribution in [3.63, 3.8) is 0 Å². The van der Waals surface area contributed by atoms with E-state index in [4.69, 9.17) is 34.8 Å². The minimum absolute atomic E-state index is 0.117. The number of nitrogens with zero attached hydrogens (tertiary/aromatic N) is 1. The molecule has 0 aliphatic carbocycles. The van der Waals surface area contributed by atoms with E-state index in [1.807, 2.05) is 6.92 Å². The smallest absolute Gasteiger partial charge is 0.275 e. The first-order valence-corrected chi connectivity index (χ1v) is 7.32. The van der Waals surface area contributed by atoms with E-state index in [1.54, 1.807) is 30.3 Å². The SMILES string of the molecule is CCNc1ccc(Cl)c(C(=O)Nc2cccc(Cl)c2Cl)n1. The van der Waals surface area contributed by atoms with Crippen LogP contribution in [0.1, 0.15) is 17.4 Å². The lowest BCUT2D eigenvalue weighted by atomic mass is 10.3. The molecule has 0 fully saturated rings. The van der Waals surface area contributed by atoms with Gasteiger partial charge in [0.25, 0.3) is 5.91 Å². The van der Waals surface area contributed by atoms with E-state index in [9.17, 15) is 4.79 Å². The number of nitrogens with one attached hydrogen (secondary N) is 2. The molecule has 0 unspecified atom stereocenters. The summed E-state index contributed by atoms with van der Waals surface area (Å²) in [6.07, 6.45) is 0. The van der Waals surface area contributed by atoms with Crippen molar-refractivity contribution in [3.05, 3.63) is 51.1 Å². The van der Waals surface area contributed by atoms with Gasteiger partial charge in [-0.3, -0.25) is 4.79 Å². The zero-order valence-electron chi connectivity index (χ0n) is 11.1. The summed E-state index contributed by atoms with van der Waals surface area (Å²) >= 11 is 18.0. The normalized spacial score (nSPS) is 10.3. The second kappa shape index (κ2) is 6.98. The van der Waals surface area contributed by atoms with Gasteiger partial charge in [-0.25, -0.2) is 4.98 Å². The first kappa shape index (κ1) is 15.9. The number of aromatic nitrogens is 1. The van der Waals surface area contributed by atoms with Crippen molar-refractivity contribution >= 4 is 52.2 Å². The van der Waals surface area contributed by atoms with Crippen LogP contribution in [0.4, 0.5) is 11.5 Å². The van der Waals surface area contributed by atoms with Gasteiger partial charge in [-0.15, -0.1) is 0 Å². The number of halogens is 3. The van der Waals surface area contributed by atoms with Gasteiger partial charge in [-0.05, 0) is 31.2 Å². The van der Waals surface area contributed by atoms with E-state index in [1.165, 1.54) is 0 Å². The molecule has 2 rings (SSSR count). The summed E-state index contributed by atoms with van der Waals surface area (Å²) in [6.45, 7) is 2.62. The standard InChI is InChI=1S/C14H12Cl3N3O/c1-2-18-11-7-6-9(16)13(20-11)14(21)19-10-5-3-4-8(15)12(10)17/h3-7H,2H2,1H3,(H,18,20)(H,19,21). The zero-order chi connectivity index (χ0) is 15.4. The van der Waals surface area contributed by atoms with Crippen LogP contribution >= 0.6 is 34.8 Å². The molecule has 1 amide bonds. The quantitative estimate of drug-likeness (QED) is 0.843. The van der Waals surface area contributed by atoms with Crippen LogP contribution in [0.5, 0.6) is 0 Å². The Kier molecular flexibility index (Phi) is 5.28. The highest BCUT2D eigenvalue weighted by molar-refractivity contribution is 6.44. The van der Waals surface area contributed by atoms with E-state index < -0.39 is 5.91 Å². The molecule has 0 saturated carbocycles. The summed E-state index contributed by atoms with van der Waals surface area (Å²) in [4.78, 5) is 16.4. The Morgan fingerprint density at radius 2 is 1.90 bits per heavy atom. The van der Waals surface area contributed by atoms with Crippen molar-refractivity contribution in [3.8, 4) is 0 Å². The molecule has 110 valence electrons. The second-order valence-electron chi connectivity index (χ2n) is 4.11. The predicted molar refractivity (Wildman–Crippen MR) is 87.8 cm³/mol. The lowest BCUT2D eigenvalue weighted by Crippen LogP contribution is -2.15. The molecule has 2 N–H and O–H groups in total. The van der Waals surface area contributed by atoms with E-state index in [-0.39, 0.29) is 15.7 Å². The third-order valence-electron chi connectivity index (χ3n) is 2.62. The van der Waals surface area contributed by atoms with Crippen LogP contribution in [0.3, 0.4) is 0 Å². The molecule has 0 aliphatic rings. The van der Waals surface area contributed by atoms with Crippen molar-refractivity contribution in [1.29, 1.82) is 0 Å². The van der Waals surface area contributed by atoms with Crippen molar-refractivity contribution in [2.45, 2.75) is 6.92 Å². The van der Waals surface area contributed by atoms with Crippen molar-refractivity contribution < 1.29 is 4.79 Å². The van der Waals surface area contributed by atoms with Crippen LogP contribution in [0.2, 0.25) is 15.1 Å². The van der Waals surface area contributed by atoms with Crippen LogP contribution in [-0.2, 0) is 0 Å². The van der Waals surface area contributed by atoms with Gasteiger partial charge in [0.15, 0.2) is 0 Å². The molecule has 0 spiro atoms. The molecule has 1 aromatic carbocycles. The maximum atomic E-state index is 12.3. The molecule has 4 nitrogen and oxygen atoms in total. The van der Waals surface area contributed by atoms with Gasteiger partial charge in [-0.1, -0.05) is 40.9 Å². The summed E-state index contributed by atoms with van der Waals surface area (Å²) in [6, 6.07) is 8.29. The van der Waals surface area contributed by atoms with Crippen LogP contribution in [0.25, 0.3) is 0 Å². The Bertz CT molecular complexity index is 677. The Hall–Kier alpha value is -1.49. The monoisotopic (exact) mass is 343 g/mol. The molecule has 7 heteroatoms. The van der Waals surface area contributed by atoms with Gasteiger partial charge >= 0.3 is 0 Å². The molecule has 0 atom stereocenters. The number of amides is 1. The van der Waals surface area contributed by atoms with Crippen molar-refractivity contribution in [2.75, 3.05) is 17.2 Å². The summed E-state index contributed by atoms with van der Waals surface area (Å²) in [5.41, 5.74) is 0.520. The first-order chi connectivity index (χ1) is 10.0. The van der Waals surface area contributed by atoms with Gasteiger partial charge in [0, 0.05) is 6.54 Å². The summed E-state index contributed by atoms with van der Waals surface area (Å²) < 4.78 is 0. The minimum atomic E-state index is -0.455. The lowest BCUT2D eigenvalue weighted by molar-refractivity contribution is 0.102.